The summed E-state index contributed by atoms with van der Waals surface area (Å²) in [5.41, 5.74) is -1.12. The smallest absolute Gasteiger partial charge is 0.252 e. The van der Waals surface area contributed by atoms with E-state index in [1.165, 1.54) is 0 Å². The highest BCUT2D eigenvalue weighted by atomic mass is 32.2. The van der Waals surface area contributed by atoms with Crippen LogP contribution < -0.4 is 5.32 Å². The lowest BCUT2D eigenvalue weighted by atomic mass is 9.94. The van der Waals surface area contributed by atoms with Crippen LogP contribution in [0.25, 0.3) is 0 Å². The minimum atomic E-state index is -1.12. The molecular weight excluding hydrogens is 210 g/mol. The van der Waals surface area contributed by atoms with Crippen LogP contribution in [0.2, 0.25) is 0 Å². The van der Waals surface area contributed by atoms with Gasteiger partial charge in [0.05, 0.1) is 0 Å². The quantitative estimate of drug-likeness (QED) is 0.772. The first-order chi connectivity index (χ1) is 6.96. The lowest BCUT2D eigenvalue weighted by Crippen LogP contribution is -2.52. The Hall–Kier alpha value is -0.220. The van der Waals surface area contributed by atoms with Crippen molar-refractivity contribution in [3.05, 3.63) is 0 Å². The van der Waals surface area contributed by atoms with Crippen LogP contribution in [0.1, 0.15) is 33.6 Å². The second kappa shape index (κ2) is 5.21. The maximum absolute atomic E-state index is 11.9. The van der Waals surface area contributed by atoms with Gasteiger partial charge in [-0.15, -0.1) is 0 Å². The average Bonchev–Trinajstić information content (AvgIpc) is 2.18. The summed E-state index contributed by atoms with van der Waals surface area (Å²) in [6, 6.07) is 0.121. The van der Waals surface area contributed by atoms with Gasteiger partial charge in [-0.25, -0.2) is 0 Å². The molecule has 0 aromatic carbocycles. The van der Waals surface area contributed by atoms with Crippen molar-refractivity contribution >= 4 is 17.7 Å². The zero-order chi connectivity index (χ0) is 11.5. The summed E-state index contributed by atoms with van der Waals surface area (Å²) < 4.78 is 0. The van der Waals surface area contributed by atoms with Gasteiger partial charge < -0.3 is 10.4 Å². The number of amides is 1. The van der Waals surface area contributed by atoms with Crippen molar-refractivity contribution in [1.82, 2.24) is 5.32 Å². The van der Waals surface area contributed by atoms with E-state index in [2.05, 4.69) is 19.2 Å². The number of rotatable bonds is 3. The molecule has 1 aliphatic heterocycles. The molecule has 1 rings (SSSR count). The Morgan fingerprint density at radius 3 is 2.33 bits per heavy atom. The molecule has 15 heavy (non-hydrogen) atoms. The van der Waals surface area contributed by atoms with E-state index in [1.54, 1.807) is 11.8 Å². The van der Waals surface area contributed by atoms with Crippen LogP contribution in [0.4, 0.5) is 0 Å². The fourth-order valence-electron chi connectivity index (χ4n) is 1.44. The van der Waals surface area contributed by atoms with Crippen LogP contribution in [0.15, 0.2) is 0 Å². The first-order valence-corrected chi connectivity index (χ1v) is 6.72. The molecule has 1 saturated heterocycles. The molecule has 0 aromatic rings. The molecule has 0 aliphatic carbocycles. The van der Waals surface area contributed by atoms with Crippen molar-refractivity contribution in [1.29, 1.82) is 0 Å². The molecule has 0 saturated carbocycles. The molecule has 1 unspecified atom stereocenters. The van der Waals surface area contributed by atoms with Crippen molar-refractivity contribution in [2.75, 3.05) is 11.5 Å². The second-order valence-corrected chi connectivity index (χ2v) is 5.87. The molecule has 4 heteroatoms. The zero-order valence-electron chi connectivity index (χ0n) is 9.75. The third-order valence-electron chi connectivity index (χ3n) is 3.10. The molecule has 0 bridgehead atoms. The fourth-order valence-corrected chi connectivity index (χ4v) is 2.61. The van der Waals surface area contributed by atoms with Crippen LogP contribution in [-0.4, -0.2) is 34.2 Å². The van der Waals surface area contributed by atoms with Crippen LogP contribution in [0.3, 0.4) is 0 Å². The maximum atomic E-state index is 11.9. The Balaban J connectivity index is 2.51. The summed E-state index contributed by atoms with van der Waals surface area (Å²) in [6.07, 6.45) is 1.16. The van der Waals surface area contributed by atoms with Gasteiger partial charge in [-0.2, -0.15) is 11.8 Å². The van der Waals surface area contributed by atoms with Crippen LogP contribution >= 0.6 is 11.8 Å². The van der Waals surface area contributed by atoms with Crippen molar-refractivity contribution in [3.63, 3.8) is 0 Å². The van der Waals surface area contributed by atoms with Crippen LogP contribution in [-0.2, 0) is 4.79 Å². The minimum absolute atomic E-state index is 0.121. The van der Waals surface area contributed by atoms with Gasteiger partial charge in [-0.05, 0) is 37.2 Å². The Morgan fingerprint density at radius 2 is 1.87 bits per heavy atom. The topological polar surface area (TPSA) is 49.3 Å². The van der Waals surface area contributed by atoms with Gasteiger partial charge in [0.2, 0.25) is 0 Å². The first kappa shape index (κ1) is 12.8. The van der Waals surface area contributed by atoms with Gasteiger partial charge in [0.15, 0.2) is 0 Å². The predicted octanol–water partition coefficient (Wildman–Crippen LogP) is 1.41. The van der Waals surface area contributed by atoms with Crippen LogP contribution in [0.5, 0.6) is 0 Å². The van der Waals surface area contributed by atoms with Gasteiger partial charge in [0, 0.05) is 6.04 Å². The molecule has 1 aliphatic rings. The van der Waals surface area contributed by atoms with Gasteiger partial charge in [-0.3, -0.25) is 4.79 Å². The molecule has 1 atom stereocenters. The molecule has 1 amide bonds. The Labute approximate surface area is 96.0 Å². The molecule has 3 nitrogen and oxygen atoms in total. The van der Waals surface area contributed by atoms with Crippen molar-refractivity contribution in [2.45, 2.75) is 45.3 Å². The molecular formula is C11H21NO2S. The van der Waals surface area contributed by atoms with E-state index < -0.39 is 5.60 Å². The highest BCUT2D eigenvalue weighted by molar-refractivity contribution is 7.99. The van der Waals surface area contributed by atoms with Crippen molar-refractivity contribution < 1.29 is 9.90 Å². The van der Waals surface area contributed by atoms with E-state index in [9.17, 15) is 9.90 Å². The van der Waals surface area contributed by atoms with Crippen molar-refractivity contribution in [3.8, 4) is 0 Å². The Morgan fingerprint density at radius 1 is 1.33 bits per heavy atom. The summed E-state index contributed by atoms with van der Waals surface area (Å²) >= 11 is 1.80. The standard InChI is InChI=1S/C11H21NO2S/c1-8(2)9(3)12-10(13)11(14)4-6-15-7-5-11/h8-9,14H,4-7H2,1-3H3,(H,12,13). The number of thioether (sulfide) groups is 1. The monoisotopic (exact) mass is 231 g/mol. The average molecular weight is 231 g/mol. The fraction of sp³-hybridized carbons (Fsp3) is 0.909. The summed E-state index contributed by atoms with van der Waals surface area (Å²) in [5, 5.41) is 13.0. The van der Waals surface area contributed by atoms with E-state index >= 15 is 0 Å². The normalized spacial score (nSPS) is 22.5. The maximum Gasteiger partial charge on any atom is 0.252 e. The van der Waals surface area contributed by atoms with Crippen LogP contribution in [0, 0.1) is 5.92 Å². The second-order valence-electron chi connectivity index (χ2n) is 4.65. The molecule has 88 valence electrons. The Bertz CT molecular complexity index is 225. The van der Waals surface area contributed by atoms with E-state index in [-0.39, 0.29) is 11.9 Å². The SMILES string of the molecule is CC(C)C(C)NC(=O)C1(O)CCSCC1. The van der Waals surface area contributed by atoms with Crippen molar-refractivity contribution in [2.24, 2.45) is 5.92 Å². The molecule has 0 aromatic heterocycles. The number of hydrogen-bond donors (Lipinski definition) is 2. The van der Waals surface area contributed by atoms with E-state index in [0.717, 1.165) is 11.5 Å². The summed E-state index contributed by atoms with van der Waals surface area (Å²) in [5.74, 6) is 1.96. The van der Waals surface area contributed by atoms with E-state index in [1.807, 2.05) is 6.92 Å². The number of carbonyl (C=O) groups is 1. The zero-order valence-corrected chi connectivity index (χ0v) is 10.6. The lowest BCUT2D eigenvalue weighted by Gasteiger charge is -2.32. The third kappa shape index (κ3) is 3.38. The largest absolute Gasteiger partial charge is 0.380 e. The Kier molecular flexibility index (Phi) is 4.46. The summed E-state index contributed by atoms with van der Waals surface area (Å²) in [4.78, 5) is 11.9. The van der Waals surface area contributed by atoms with E-state index in [4.69, 9.17) is 0 Å². The lowest BCUT2D eigenvalue weighted by molar-refractivity contribution is -0.141. The predicted molar refractivity (Wildman–Crippen MR) is 64.0 cm³/mol. The minimum Gasteiger partial charge on any atom is -0.380 e. The first-order valence-electron chi connectivity index (χ1n) is 5.57. The number of nitrogens with one attached hydrogen (secondary N) is 1. The van der Waals surface area contributed by atoms with Gasteiger partial charge >= 0.3 is 0 Å². The molecule has 1 fully saturated rings. The summed E-state index contributed by atoms with van der Waals surface area (Å²) in [7, 11) is 0. The van der Waals surface area contributed by atoms with Gasteiger partial charge in [0.25, 0.3) is 5.91 Å². The number of carbonyl (C=O) groups excluding carboxylic acids is 1. The molecule has 2 N–H and O–H groups in total. The van der Waals surface area contributed by atoms with Gasteiger partial charge in [-0.1, -0.05) is 13.8 Å². The molecule has 0 spiro atoms. The molecule has 0 radical (unpaired) electrons. The van der Waals surface area contributed by atoms with Gasteiger partial charge in [0.1, 0.15) is 5.60 Å². The molecule has 1 heterocycles. The third-order valence-corrected chi connectivity index (χ3v) is 4.09. The highest BCUT2D eigenvalue weighted by Gasteiger charge is 2.37. The highest BCUT2D eigenvalue weighted by Crippen LogP contribution is 2.27. The number of hydrogen-bond acceptors (Lipinski definition) is 3. The summed E-state index contributed by atoms with van der Waals surface area (Å²) in [6.45, 7) is 6.10. The number of aliphatic hydroxyl groups is 1. The van der Waals surface area contributed by atoms with E-state index in [0.29, 0.717) is 18.8 Å².